The molecule has 4 saturated carbocycles. The van der Waals surface area contributed by atoms with Crippen molar-refractivity contribution < 1.29 is 24.5 Å². The monoisotopic (exact) mass is 795 g/mol. The molecule has 3 aromatic carbocycles. The molecule has 11 unspecified atom stereocenters. The number of benzene rings is 3. The van der Waals surface area contributed by atoms with Gasteiger partial charge in [-0.2, -0.15) is 0 Å². The molecule has 1 amide bonds. The van der Waals surface area contributed by atoms with Gasteiger partial charge in [0.05, 0.1) is 18.2 Å². The lowest BCUT2D eigenvalue weighted by molar-refractivity contribution is -0.175. The van der Waals surface area contributed by atoms with Gasteiger partial charge in [-0.1, -0.05) is 144 Å². The normalized spacial score (nSPS) is 38.2. The lowest BCUT2D eigenvalue weighted by Gasteiger charge is -2.71. The number of fused-ring (bicyclic) bond motifs is 1. The maximum Gasteiger partial charge on any atom is 0.410 e. The topological polar surface area (TPSA) is 87.1 Å². The molecule has 0 radical (unpaired) electrons. The predicted octanol–water partition coefficient (Wildman–Crippen LogP) is 11.2. The summed E-state index contributed by atoms with van der Waals surface area (Å²) < 4.78 is 6.53. The number of Topliss-reactive ketones (excluding diaryl/α,β-unsaturated/α-hetero) is 1. The molecule has 0 aliphatic heterocycles. The maximum absolute atomic E-state index is 15.3. The van der Waals surface area contributed by atoms with E-state index in [2.05, 4.69) is 77.1 Å². The van der Waals surface area contributed by atoms with Crippen LogP contribution in [-0.2, 0) is 11.3 Å². The molecule has 0 heterocycles. The van der Waals surface area contributed by atoms with Crippen LogP contribution in [0.3, 0.4) is 0 Å². The van der Waals surface area contributed by atoms with Gasteiger partial charge in [-0.25, -0.2) is 4.79 Å². The number of nitrogens with zero attached hydrogens (tertiary/aromatic N) is 1. The lowest BCUT2D eigenvalue weighted by atomic mass is 9.32. The second-order valence-electron chi connectivity index (χ2n) is 20.7. The van der Waals surface area contributed by atoms with Crippen LogP contribution in [0.15, 0.2) is 109 Å². The minimum Gasteiger partial charge on any atom is -0.446 e. The molecular weight excluding hydrogens is 731 g/mol. The third-order valence-corrected chi connectivity index (χ3v) is 17.4. The number of aliphatic hydroxyl groups excluding tert-OH is 1. The van der Waals surface area contributed by atoms with E-state index in [9.17, 15) is 15.0 Å². The molecule has 2 spiro atoms. The second kappa shape index (κ2) is 14.9. The van der Waals surface area contributed by atoms with Gasteiger partial charge in [0.1, 0.15) is 6.10 Å². The summed E-state index contributed by atoms with van der Waals surface area (Å²) in [6.45, 7) is 11.9. The van der Waals surface area contributed by atoms with Crippen molar-refractivity contribution in [3.8, 4) is 11.1 Å². The van der Waals surface area contributed by atoms with E-state index >= 15 is 4.79 Å². The molecule has 3 aromatic rings. The zero-order chi connectivity index (χ0) is 41.4. The van der Waals surface area contributed by atoms with E-state index in [1.54, 1.807) is 4.90 Å². The molecule has 312 valence electrons. The van der Waals surface area contributed by atoms with Crippen LogP contribution in [0.5, 0.6) is 0 Å². The molecule has 6 nitrogen and oxygen atoms in total. The molecular formula is C53H65NO5. The van der Waals surface area contributed by atoms with Crippen molar-refractivity contribution in [2.24, 2.45) is 51.2 Å². The van der Waals surface area contributed by atoms with Crippen molar-refractivity contribution in [3.05, 3.63) is 120 Å². The van der Waals surface area contributed by atoms with Crippen LogP contribution in [-0.4, -0.2) is 51.3 Å². The Hall–Kier alpha value is -4.00. The van der Waals surface area contributed by atoms with Crippen molar-refractivity contribution in [3.63, 3.8) is 0 Å². The Morgan fingerprint density at radius 2 is 1.44 bits per heavy atom. The number of hydrogen-bond donors (Lipinski definition) is 2. The fourth-order valence-electron chi connectivity index (χ4n) is 14.0. The van der Waals surface area contributed by atoms with E-state index in [0.717, 1.165) is 73.6 Å². The van der Waals surface area contributed by atoms with Gasteiger partial charge >= 0.3 is 6.09 Å². The Kier molecular flexibility index (Phi) is 10.2. The van der Waals surface area contributed by atoms with Gasteiger partial charge in [0.15, 0.2) is 5.78 Å². The molecule has 11 atom stereocenters. The van der Waals surface area contributed by atoms with Gasteiger partial charge < -0.3 is 19.8 Å². The van der Waals surface area contributed by atoms with Crippen LogP contribution in [0.25, 0.3) is 11.1 Å². The van der Waals surface area contributed by atoms with Crippen molar-refractivity contribution in [1.82, 2.24) is 4.90 Å². The fraction of sp³-hybridized carbons (Fsp3) is 0.547. The standard InChI is InChI=1S/C53H65NO5/c1-35(2)42-21-16-36(3)30-44(42)59-48(57)54(33-37-12-8-6-9-13-37)34-52(58)27-24-46-50(52,5)26-23-45-49(4)25-22-41(55)31-51(49)28-29-53(45,46)43(32-51)47(56)40-19-17-39(18-20-40)38-14-10-7-11-15-38/h6-15,17-20,28-29,32,35-36,41-42,44-46,55,58H,16,21-27,30-31,33-34H2,1-5H3. The van der Waals surface area contributed by atoms with Gasteiger partial charge in [0.25, 0.3) is 0 Å². The van der Waals surface area contributed by atoms with Crippen molar-refractivity contribution in [2.75, 3.05) is 6.54 Å². The van der Waals surface area contributed by atoms with Crippen molar-refractivity contribution >= 4 is 11.9 Å². The molecule has 0 saturated heterocycles. The van der Waals surface area contributed by atoms with E-state index in [4.69, 9.17) is 4.74 Å². The summed E-state index contributed by atoms with van der Waals surface area (Å²) in [7, 11) is 0. The molecule has 4 fully saturated rings. The SMILES string of the molecule is CC1CCC(C(C)C)C(OC(=O)N(Cc2ccccc2)CC2(O)CCC3C45C=CC6(C=C4C(=O)c4ccc(-c7ccccc7)cc4)CC(O)CCC6(C)C5CCC32C)C1. The first-order valence-corrected chi connectivity index (χ1v) is 22.8. The number of ketones is 1. The largest absolute Gasteiger partial charge is 0.446 e. The Balaban J connectivity index is 1.08. The smallest absolute Gasteiger partial charge is 0.410 e. The van der Waals surface area contributed by atoms with Crippen LogP contribution in [0.4, 0.5) is 4.79 Å². The first-order chi connectivity index (χ1) is 28.2. The molecule has 10 rings (SSSR count). The molecule has 59 heavy (non-hydrogen) atoms. The highest BCUT2D eigenvalue weighted by Gasteiger charge is 2.74. The highest BCUT2D eigenvalue weighted by molar-refractivity contribution is 6.10. The molecule has 7 aliphatic carbocycles. The highest BCUT2D eigenvalue weighted by atomic mass is 16.6. The average molecular weight is 796 g/mol. The number of hydrogen-bond acceptors (Lipinski definition) is 5. The number of carbonyl (C=O) groups excluding carboxylic acids is 2. The van der Waals surface area contributed by atoms with E-state index in [1.807, 2.05) is 60.7 Å². The Labute approximate surface area is 352 Å². The number of aliphatic hydroxyl groups is 2. The third-order valence-electron chi connectivity index (χ3n) is 17.4. The zero-order valence-electron chi connectivity index (χ0n) is 35.9. The van der Waals surface area contributed by atoms with Gasteiger partial charge in [-0.3, -0.25) is 4.79 Å². The van der Waals surface area contributed by atoms with E-state index in [1.165, 1.54) is 0 Å². The number of carbonyl (C=O) groups is 2. The molecule has 2 bridgehead atoms. The summed E-state index contributed by atoms with van der Waals surface area (Å²) in [4.78, 5) is 31.6. The fourth-order valence-corrected chi connectivity index (χ4v) is 14.0. The average Bonchev–Trinajstić information content (AvgIpc) is 3.50. The number of allylic oxidation sites excluding steroid dienone is 4. The minimum atomic E-state index is -1.20. The van der Waals surface area contributed by atoms with Crippen LogP contribution < -0.4 is 0 Å². The van der Waals surface area contributed by atoms with Crippen LogP contribution in [0.1, 0.15) is 115 Å². The van der Waals surface area contributed by atoms with Crippen LogP contribution in [0.2, 0.25) is 0 Å². The van der Waals surface area contributed by atoms with E-state index in [-0.39, 0.29) is 41.8 Å². The van der Waals surface area contributed by atoms with Crippen molar-refractivity contribution in [1.29, 1.82) is 0 Å². The molecule has 7 aliphatic rings. The predicted molar refractivity (Wildman–Crippen MR) is 233 cm³/mol. The second-order valence-corrected chi connectivity index (χ2v) is 20.7. The third kappa shape index (κ3) is 6.40. The van der Waals surface area contributed by atoms with Crippen molar-refractivity contribution in [2.45, 2.75) is 123 Å². The Morgan fingerprint density at radius 1 is 0.797 bits per heavy atom. The highest BCUT2D eigenvalue weighted by Crippen LogP contribution is 2.78. The Morgan fingerprint density at radius 3 is 2.15 bits per heavy atom. The quantitative estimate of drug-likeness (QED) is 0.166. The summed E-state index contributed by atoms with van der Waals surface area (Å²) in [5, 5.41) is 24.5. The molecule has 0 aromatic heterocycles. The van der Waals surface area contributed by atoms with Gasteiger partial charge in [0, 0.05) is 33.9 Å². The minimum absolute atomic E-state index is 0.0186. The van der Waals surface area contributed by atoms with Crippen LogP contribution in [0, 0.1) is 51.2 Å². The maximum atomic E-state index is 15.3. The summed E-state index contributed by atoms with van der Waals surface area (Å²) in [5.74, 6) is 1.45. The molecule has 2 N–H and O–H groups in total. The first kappa shape index (κ1) is 40.4. The van der Waals surface area contributed by atoms with Crippen LogP contribution >= 0.6 is 0 Å². The number of ether oxygens (including phenoxy) is 1. The van der Waals surface area contributed by atoms with Gasteiger partial charge in [-0.15, -0.1) is 0 Å². The van der Waals surface area contributed by atoms with Gasteiger partial charge in [-0.05, 0) is 109 Å². The molecule has 6 heteroatoms. The summed E-state index contributed by atoms with van der Waals surface area (Å²) in [5.41, 5.74) is 1.81. The van der Waals surface area contributed by atoms with E-state index < -0.39 is 27.9 Å². The first-order valence-electron chi connectivity index (χ1n) is 22.8. The van der Waals surface area contributed by atoms with Gasteiger partial charge in [0.2, 0.25) is 0 Å². The Bertz CT molecular complexity index is 2110. The van der Waals surface area contributed by atoms with E-state index in [0.29, 0.717) is 42.7 Å². The number of rotatable bonds is 9. The summed E-state index contributed by atoms with van der Waals surface area (Å²) in [6, 6.07) is 28.4. The zero-order valence-corrected chi connectivity index (χ0v) is 35.9. The number of amides is 1. The lowest BCUT2D eigenvalue weighted by Crippen LogP contribution is -2.67. The summed E-state index contributed by atoms with van der Waals surface area (Å²) in [6.07, 6.45) is 14.4. The summed E-state index contributed by atoms with van der Waals surface area (Å²) >= 11 is 0.